The van der Waals surface area contributed by atoms with Crippen molar-refractivity contribution in [3.05, 3.63) is 40.7 Å². The predicted octanol–water partition coefficient (Wildman–Crippen LogP) is 3.66. The number of benzene rings is 1. The van der Waals surface area contributed by atoms with Gasteiger partial charge in [0.15, 0.2) is 0 Å². The first-order valence-corrected chi connectivity index (χ1v) is 6.05. The first kappa shape index (κ1) is 11.9. The lowest BCUT2D eigenvalue weighted by atomic mass is 10.2. The Morgan fingerprint density at radius 1 is 1.11 bits per heavy atom. The Labute approximate surface area is 114 Å². The van der Waals surface area contributed by atoms with Crippen molar-refractivity contribution >= 4 is 11.6 Å². The molecule has 1 aromatic carbocycles. The fourth-order valence-electron chi connectivity index (χ4n) is 1.85. The monoisotopic (exact) mass is 275 g/mol. The number of nitrogens with zero attached hydrogens (tertiary/aromatic N) is 3. The molecule has 0 fully saturated rings. The molecule has 6 heteroatoms. The van der Waals surface area contributed by atoms with Crippen molar-refractivity contribution in [3.8, 4) is 22.9 Å². The van der Waals surface area contributed by atoms with Gasteiger partial charge in [-0.05, 0) is 32.0 Å². The maximum Gasteiger partial charge on any atom is 0.253 e. The van der Waals surface area contributed by atoms with Crippen molar-refractivity contribution in [2.24, 2.45) is 0 Å². The average Bonchev–Trinajstić information content (AvgIpc) is 2.97. The lowest BCUT2D eigenvalue weighted by molar-refractivity contribution is 0.393. The number of aromatic nitrogens is 3. The van der Waals surface area contributed by atoms with Gasteiger partial charge in [-0.25, -0.2) is 0 Å². The second-order valence-corrected chi connectivity index (χ2v) is 4.56. The highest BCUT2D eigenvalue weighted by molar-refractivity contribution is 6.30. The minimum absolute atomic E-state index is 0.395. The summed E-state index contributed by atoms with van der Waals surface area (Å²) in [6, 6.07) is 7.25. The van der Waals surface area contributed by atoms with Crippen molar-refractivity contribution in [3.63, 3.8) is 0 Å². The molecule has 0 radical (unpaired) electrons. The summed E-state index contributed by atoms with van der Waals surface area (Å²) in [5.41, 5.74) is 2.23. The Bertz CT molecular complexity index is 714. The number of halogens is 1. The zero-order chi connectivity index (χ0) is 13.4. The summed E-state index contributed by atoms with van der Waals surface area (Å²) in [5, 5.41) is 12.5. The number of hydrogen-bond acceptors (Lipinski definition) is 5. The third kappa shape index (κ3) is 2.13. The van der Waals surface area contributed by atoms with Crippen LogP contribution >= 0.6 is 11.6 Å². The molecule has 3 rings (SSSR count). The fraction of sp³-hybridized carbons (Fsp3) is 0.154. The normalized spacial score (nSPS) is 10.9. The van der Waals surface area contributed by atoms with Gasteiger partial charge in [-0.2, -0.15) is 0 Å². The molecular weight excluding hydrogens is 266 g/mol. The molecule has 0 amide bonds. The van der Waals surface area contributed by atoms with Crippen LogP contribution in [0, 0.1) is 13.8 Å². The van der Waals surface area contributed by atoms with E-state index in [0.29, 0.717) is 22.6 Å². The van der Waals surface area contributed by atoms with Crippen LogP contribution in [0.3, 0.4) is 0 Å². The SMILES string of the molecule is Cc1noc(C)c1-c1nnc(-c2cccc(Cl)c2)o1. The van der Waals surface area contributed by atoms with Crippen LogP contribution in [-0.4, -0.2) is 15.4 Å². The number of hydrogen-bond donors (Lipinski definition) is 0. The van der Waals surface area contributed by atoms with E-state index in [1.165, 1.54) is 0 Å². The van der Waals surface area contributed by atoms with Gasteiger partial charge in [-0.3, -0.25) is 0 Å². The van der Waals surface area contributed by atoms with Crippen molar-refractivity contribution in [1.82, 2.24) is 15.4 Å². The third-order valence-corrected chi connectivity index (χ3v) is 2.98. The summed E-state index contributed by atoms with van der Waals surface area (Å²) in [4.78, 5) is 0. The summed E-state index contributed by atoms with van der Waals surface area (Å²) in [7, 11) is 0. The first-order valence-electron chi connectivity index (χ1n) is 5.68. The maximum atomic E-state index is 5.94. The lowest BCUT2D eigenvalue weighted by Gasteiger charge is -1.95. The molecule has 3 aromatic rings. The van der Waals surface area contributed by atoms with E-state index in [4.69, 9.17) is 20.5 Å². The van der Waals surface area contributed by atoms with E-state index < -0.39 is 0 Å². The molecule has 2 aromatic heterocycles. The Hall–Kier alpha value is -2.14. The summed E-state index contributed by atoms with van der Waals surface area (Å²) in [6.07, 6.45) is 0. The minimum atomic E-state index is 0.395. The van der Waals surface area contributed by atoms with Gasteiger partial charge >= 0.3 is 0 Å². The van der Waals surface area contributed by atoms with Crippen molar-refractivity contribution in [2.75, 3.05) is 0 Å². The van der Waals surface area contributed by atoms with Gasteiger partial charge in [0.05, 0.1) is 5.69 Å². The van der Waals surface area contributed by atoms with Gasteiger partial charge in [0.2, 0.25) is 5.89 Å². The number of rotatable bonds is 2. The lowest BCUT2D eigenvalue weighted by Crippen LogP contribution is -1.81. The van der Waals surface area contributed by atoms with Gasteiger partial charge in [-0.15, -0.1) is 10.2 Å². The van der Waals surface area contributed by atoms with Crippen molar-refractivity contribution in [2.45, 2.75) is 13.8 Å². The second-order valence-electron chi connectivity index (χ2n) is 4.12. The summed E-state index contributed by atoms with van der Waals surface area (Å²) >= 11 is 5.94. The van der Waals surface area contributed by atoms with E-state index in [-0.39, 0.29) is 0 Å². The molecule has 19 heavy (non-hydrogen) atoms. The molecule has 0 spiro atoms. The molecule has 0 aliphatic carbocycles. The maximum absolute atomic E-state index is 5.94. The molecule has 96 valence electrons. The van der Waals surface area contributed by atoms with Crippen LogP contribution in [-0.2, 0) is 0 Å². The van der Waals surface area contributed by atoms with E-state index in [1.807, 2.05) is 19.1 Å². The summed E-state index contributed by atoms with van der Waals surface area (Å²) in [6.45, 7) is 3.63. The Morgan fingerprint density at radius 2 is 1.89 bits per heavy atom. The molecule has 0 bridgehead atoms. The summed E-state index contributed by atoms with van der Waals surface area (Å²) in [5.74, 6) is 1.46. The van der Waals surface area contributed by atoms with E-state index in [2.05, 4.69) is 15.4 Å². The Balaban J connectivity index is 2.05. The fourth-order valence-corrected chi connectivity index (χ4v) is 2.04. The zero-order valence-electron chi connectivity index (χ0n) is 10.3. The highest BCUT2D eigenvalue weighted by Gasteiger charge is 2.18. The van der Waals surface area contributed by atoms with Gasteiger partial charge < -0.3 is 8.94 Å². The zero-order valence-corrected chi connectivity index (χ0v) is 11.1. The van der Waals surface area contributed by atoms with Crippen LogP contribution in [0.2, 0.25) is 5.02 Å². The van der Waals surface area contributed by atoms with E-state index in [9.17, 15) is 0 Å². The highest BCUT2D eigenvalue weighted by atomic mass is 35.5. The van der Waals surface area contributed by atoms with Crippen LogP contribution < -0.4 is 0 Å². The molecule has 0 atom stereocenters. The molecule has 0 saturated heterocycles. The molecule has 5 nitrogen and oxygen atoms in total. The average molecular weight is 276 g/mol. The van der Waals surface area contributed by atoms with Crippen LogP contribution in [0.4, 0.5) is 0 Å². The number of aryl methyl sites for hydroxylation is 2. The van der Waals surface area contributed by atoms with Gasteiger partial charge in [-0.1, -0.05) is 22.8 Å². The van der Waals surface area contributed by atoms with Crippen LogP contribution in [0.5, 0.6) is 0 Å². The first-order chi connectivity index (χ1) is 9.15. The van der Waals surface area contributed by atoms with Crippen molar-refractivity contribution < 1.29 is 8.94 Å². The Morgan fingerprint density at radius 3 is 2.58 bits per heavy atom. The van der Waals surface area contributed by atoms with Gasteiger partial charge in [0.25, 0.3) is 5.89 Å². The van der Waals surface area contributed by atoms with Gasteiger partial charge in [0.1, 0.15) is 11.3 Å². The molecule has 0 saturated carbocycles. The van der Waals surface area contributed by atoms with Crippen LogP contribution in [0.25, 0.3) is 22.9 Å². The molecule has 0 unspecified atom stereocenters. The molecule has 0 aliphatic heterocycles. The Kier molecular flexibility index (Phi) is 2.83. The standard InChI is InChI=1S/C13H10ClN3O2/c1-7-11(8(2)19-17-7)13-16-15-12(18-13)9-4-3-5-10(14)6-9/h3-6H,1-2H3. The predicted molar refractivity (Wildman–Crippen MR) is 69.7 cm³/mol. The molecular formula is C13H10ClN3O2. The molecule has 2 heterocycles. The van der Waals surface area contributed by atoms with Gasteiger partial charge in [0, 0.05) is 10.6 Å². The van der Waals surface area contributed by atoms with Crippen molar-refractivity contribution in [1.29, 1.82) is 0 Å². The van der Waals surface area contributed by atoms with Crippen LogP contribution in [0.15, 0.2) is 33.2 Å². The topological polar surface area (TPSA) is 65.0 Å². The van der Waals surface area contributed by atoms with E-state index in [1.54, 1.807) is 19.1 Å². The van der Waals surface area contributed by atoms with Crippen LogP contribution in [0.1, 0.15) is 11.5 Å². The highest BCUT2D eigenvalue weighted by Crippen LogP contribution is 2.29. The summed E-state index contributed by atoms with van der Waals surface area (Å²) < 4.78 is 10.7. The van der Waals surface area contributed by atoms with E-state index >= 15 is 0 Å². The molecule has 0 aliphatic rings. The minimum Gasteiger partial charge on any atom is -0.416 e. The third-order valence-electron chi connectivity index (χ3n) is 2.74. The van der Waals surface area contributed by atoms with E-state index in [0.717, 1.165) is 16.8 Å². The molecule has 0 N–H and O–H groups in total. The smallest absolute Gasteiger partial charge is 0.253 e. The largest absolute Gasteiger partial charge is 0.416 e. The second kappa shape index (κ2) is 4.51. The quantitative estimate of drug-likeness (QED) is 0.714.